The fourth-order valence-electron chi connectivity index (χ4n) is 2.34. The van der Waals surface area contributed by atoms with Gasteiger partial charge in [0.15, 0.2) is 0 Å². The van der Waals surface area contributed by atoms with E-state index in [9.17, 15) is 9.36 Å². The van der Waals surface area contributed by atoms with Gasteiger partial charge in [0.2, 0.25) is 0 Å². The predicted octanol–water partition coefficient (Wildman–Crippen LogP) is 4.26. The van der Waals surface area contributed by atoms with Crippen LogP contribution in [0.4, 0.5) is 0 Å². The lowest BCUT2D eigenvalue weighted by Crippen LogP contribution is -2.18. The predicted molar refractivity (Wildman–Crippen MR) is 88.9 cm³/mol. The van der Waals surface area contributed by atoms with E-state index in [1.807, 2.05) is 0 Å². The number of hydrogen-bond acceptors (Lipinski definition) is 3. The molecule has 0 saturated heterocycles. The highest BCUT2D eigenvalue weighted by Crippen LogP contribution is 2.36. The van der Waals surface area contributed by atoms with Crippen LogP contribution in [0.5, 0.6) is 0 Å². The molecule has 0 fully saturated rings. The van der Waals surface area contributed by atoms with Gasteiger partial charge in [0, 0.05) is 0 Å². The molecule has 0 saturated carbocycles. The summed E-state index contributed by atoms with van der Waals surface area (Å²) in [4.78, 5) is 29.1. The number of ether oxygens (including phenoxy) is 1. The van der Waals surface area contributed by atoms with E-state index in [1.54, 1.807) is 0 Å². The highest BCUT2D eigenvalue weighted by Gasteiger charge is 2.24. The second-order valence-corrected chi connectivity index (χ2v) is 7.79. The molecule has 0 aliphatic heterocycles. The molecule has 0 spiro atoms. The molecular formula is C16H33O5P. The summed E-state index contributed by atoms with van der Waals surface area (Å²) in [5, 5.41) is 0. The summed E-state index contributed by atoms with van der Waals surface area (Å²) >= 11 is 0. The minimum atomic E-state index is -4.14. The quantitative estimate of drug-likeness (QED) is 0.281. The zero-order valence-corrected chi connectivity index (χ0v) is 15.0. The summed E-state index contributed by atoms with van der Waals surface area (Å²) < 4.78 is 15.8. The summed E-state index contributed by atoms with van der Waals surface area (Å²) in [7, 11) is -4.14. The van der Waals surface area contributed by atoms with Crippen LogP contribution in [-0.4, -0.2) is 28.5 Å². The van der Waals surface area contributed by atoms with E-state index in [0.29, 0.717) is 6.61 Å². The van der Waals surface area contributed by atoms with Crippen LogP contribution in [0.15, 0.2) is 0 Å². The van der Waals surface area contributed by atoms with Gasteiger partial charge < -0.3 is 14.5 Å². The average molecular weight is 336 g/mol. The first-order valence-corrected chi connectivity index (χ1v) is 10.4. The van der Waals surface area contributed by atoms with Crippen molar-refractivity contribution < 1.29 is 23.9 Å². The second kappa shape index (κ2) is 13.1. The Bertz CT molecular complexity index is 326. The Kier molecular flexibility index (Phi) is 12.9. The fourth-order valence-corrected chi connectivity index (χ4v) is 3.20. The maximum absolute atomic E-state index is 11.5. The molecule has 1 unspecified atom stereocenters. The molecule has 6 heteroatoms. The topological polar surface area (TPSA) is 83.8 Å². The van der Waals surface area contributed by atoms with Gasteiger partial charge in [-0.2, -0.15) is 0 Å². The molecule has 0 rings (SSSR count). The Hall–Kier alpha value is -0.380. The van der Waals surface area contributed by atoms with E-state index in [4.69, 9.17) is 14.5 Å². The normalized spacial score (nSPS) is 13.1. The first kappa shape index (κ1) is 21.6. The van der Waals surface area contributed by atoms with E-state index in [2.05, 4.69) is 6.92 Å². The number of hydrogen-bond donors (Lipinski definition) is 2. The zero-order valence-electron chi connectivity index (χ0n) is 14.1. The van der Waals surface area contributed by atoms with Gasteiger partial charge in [-0.15, -0.1) is 0 Å². The van der Waals surface area contributed by atoms with Gasteiger partial charge in [0.05, 0.1) is 18.7 Å². The van der Waals surface area contributed by atoms with Crippen LogP contribution in [0.2, 0.25) is 0 Å². The standard InChI is InChI=1S/C16H33O5P/c1-3-4-5-6-7-8-9-10-11-12-13-21-16(17)15(2)14-22(18,19)20/h15H,3-14H2,1-2H3,(H2,18,19,20). The highest BCUT2D eigenvalue weighted by molar-refractivity contribution is 7.51. The smallest absolute Gasteiger partial charge is 0.326 e. The number of esters is 1. The summed E-state index contributed by atoms with van der Waals surface area (Å²) in [5.41, 5.74) is 0. The molecule has 0 aromatic carbocycles. The van der Waals surface area contributed by atoms with Crippen molar-refractivity contribution in [2.75, 3.05) is 12.8 Å². The fraction of sp³-hybridized carbons (Fsp3) is 0.938. The lowest BCUT2D eigenvalue weighted by atomic mass is 10.1. The highest BCUT2D eigenvalue weighted by atomic mass is 31.2. The van der Waals surface area contributed by atoms with Gasteiger partial charge in [-0.3, -0.25) is 9.36 Å². The van der Waals surface area contributed by atoms with E-state index < -0.39 is 25.6 Å². The van der Waals surface area contributed by atoms with Crippen LogP contribution >= 0.6 is 7.60 Å². The summed E-state index contributed by atoms with van der Waals surface area (Å²) in [6.07, 6.45) is 11.7. The summed E-state index contributed by atoms with van der Waals surface area (Å²) in [5.74, 6) is -1.26. The van der Waals surface area contributed by atoms with Crippen molar-refractivity contribution >= 4 is 13.6 Å². The number of carbonyl (C=O) groups excluding carboxylic acids is 1. The van der Waals surface area contributed by atoms with Crippen molar-refractivity contribution in [2.24, 2.45) is 5.92 Å². The largest absolute Gasteiger partial charge is 0.465 e. The Labute approximate surface area is 135 Å². The SMILES string of the molecule is CCCCCCCCCCCCOC(=O)C(C)CP(=O)(O)O. The molecule has 0 radical (unpaired) electrons. The van der Waals surface area contributed by atoms with Crippen molar-refractivity contribution in [2.45, 2.75) is 78.1 Å². The van der Waals surface area contributed by atoms with Gasteiger partial charge in [0.1, 0.15) is 0 Å². The molecule has 0 aliphatic rings. The average Bonchev–Trinajstić information content (AvgIpc) is 2.42. The van der Waals surface area contributed by atoms with Crippen molar-refractivity contribution in [1.29, 1.82) is 0 Å². The summed E-state index contributed by atoms with van der Waals surface area (Å²) in [6.45, 7) is 4.06. The maximum Gasteiger partial charge on any atom is 0.326 e. The molecule has 2 N–H and O–H groups in total. The molecule has 132 valence electrons. The van der Waals surface area contributed by atoms with Crippen LogP contribution in [0.25, 0.3) is 0 Å². The Morgan fingerprint density at radius 1 is 0.955 bits per heavy atom. The van der Waals surface area contributed by atoms with Crippen LogP contribution in [0.3, 0.4) is 0 Å². The van der Waals surface area contributed by atoms with Crippen LogP contribution in [0.1, 0.15) is 78.1 Å². The van der Waals surface area contributed by atoms with Crippen molar-refractivity contribution in [3.05, 3.63) is 0 Å². The molecule has 5 nitrogen and oxygen atoms in total. The molecule has 22 heavy (non-hydrogen) atoms. The number of carbonyl (C=O) groups is 1. The third-order valence-corrected chi connectivity index (χ3v) is 4.68. The van der Waals surface area contributed by atoms with Gasteiger partial charge in [-0.25, -0.2) is 0 Å². The van der Waals surface area contributed by atoms with E-state index in [-0.39, 0.29) is 0 Å². The van der Waals surface area contributed by atoms with Gasteiger partial charge >= 0.3 is 13.6 Å². The Morgan fingerprint density at radius 2 is 1.41 bits per heavy atom. The van der Waals surface area contributed by atoms with Gasteiger partial charge in [-0.1, -0.05) is 71.6 Å². The van der Waals surface area contributed by atoms with Crippen molar-refractivity contribution in [1.82, 2.24) is 0 Å². The molecule has 0 aromatic heterocycles. The lowest BCUT2D eigenvalue weighted by molar-refractivity contribution is -0.147. The molecule has 0 aromatic rings. The van der Waals surface area contributed by atoms with E-state index >= 15 is 0 Å². The molecule has 1 atom stereocenters. The minimum Gasteiger partial charge on any atom is -0.465 e. The number of unbranched alkanes of at least 4 members (excludes halogenated alkanes) is 9. The maximum atomic E-state index is 11.5. The summed E-state index contributed by atoms with van der Waals surface area (Å²) in [6, 6.07) is 0. The molecular weight excluding hydrogens is 303 g/mol. The molecule has 0 heterocycles. The van der Waals surface area contributed by atoms with E-state index in [0.717, 1.165) is 19.3 Å². The second-order valence-electron chi connectivity index (χ2n) is 6.10. The Morgan fingerprint density at radius 3 is 1.86 bits per heavy atom. The molecule has 0 bridgehead atoms. The third kappa shape index (κ3) is 14.6. The molecule has 0 aliphatic carbocycles. The van der Waals surface area contributed by atoms with Gasteiger partial charge in [-0.05, 0) is 6.42 Å². The molecule has 0 amide bonds. The van der Waals surface area contributed by atoms with Crippen LogP contribution < -0.4 is 0 Å². The zero-order chi connectivity index (χ0) is 16.8. The first-order chi connectivity index (χ1) is 10.4. The van der Waals surface area contributed by atoms with Gasteiger partial charge in [0.25, 0.3) is 0 Å². The third-order valence-electron chi connectivity index (χ3n) is 3.66. The van der Waals surface area contributed by atoms with Crippen molar-refractivity contribution in [3.63, 3.8) is 0 Å². The number of rotatable bonds is 14. The Balaban J connectivity index is 3.39. The van der Waals surface area contributed by atoms with Crippen molar-refractivity contribution in [3.8, 4) is 0 Å². The van der Waals surface area contributed by atoms with Crippen LogP contribution in [-0.2, 0) is 14.1 Å². The van der Waals surface area contributed by atoms with Crippen LogP contribution in [0, 0.1) is 5.92 Å². The first-order valence-electron chi connectivity index (χ1n) is 8.58. The lowest BCUT2D eigenvalue weighted by Gasteiger charge is -2.12. The van der Waals surface area contributed by atoms with E-state index in [1.165, 1.54) is 51.9 Å². The monoisotopic (exact) mass is 336 g/mol. The minimum absolute atomic E-state index is 0.348.